The van der Waals surface area contributed by atoms with Crippen molar-refractivity contribution in [2.45, 2.75) is 0 Å². The lowest BCUT2D eigenvalue weighted by Crippen LogP contribution is -2.12. The van der Waals surface area contributed by atoms with Crippen molar-refractivity contribution in [3.63, 3.8) is 0 Å². The Morgan fingerprint density at radius 1 is 1.00 bits per heavy atom. The molecule has 1 heterocycles. The van der Waals surface area contributed by atoms with Crippen LogP contribution in [-0.4, -0.2) is 35.1 Å². The van der Waals surface area contributed by atoms with Crippen LogP contribution in [0.1, 0.15) is 10.4 Å². The van der Waals surface area contributed by atoms with Crippen molar-refractivity contribution in [1.82, 2.24) is 15.0 Å². The van der Waals surface area contributed by atoms with Gasteiger partial charge in [0.1, 0.15) is 0 Å². The van der Waals surface area contributed by atoms with Gasteiger partial charge >= 0.3 is 24.0 Å². The van der Waals surface area contributed by atoms with E-state index in [1.165, 1.54) is 14.2 Å². The van der Waals surface area contributed by atoms with E-state index >= 15 is 0 Å². The van der Waals surface area contributed by atoms with Crippen molar-refractivity contribution in [3.8, 4) is 18.0 Å². The van der Waals surface area contributed by atoms with Gasteiger partial charge in [-0.25, -0.2) is 4.79 Å². The highest BCUT2D eigenvalue weighted by atomic mass is 79.9. The van der Waals surface area contributed by atoms with Gasteiger partial charge < -0.3 is 14.2 Å². The molecule has 8 heteroatoms. The number of ether oxygens (including phenoxy) is 3. The lowest BCUT2D eigenvalue weighted by atomic mass is 10.2. The van der Waals surface area contributed by atoms with Crippen LogP contribution >= 0.6 is 15.9 Å². The maximum Gasteiger partial charge on any atom is 0.347 e. The molecule has 1 aromatic carbocycles. The number of rotatable bonds is 4. The van der Waals surface area contributed by atoms with Crippen LogP contribution in [-0.2, 0) is 0 Å². The van der Waals surface area contributed by atoms with Gasteiger partial charge in [0, 0.05) is 4.47 Å². The lowest BCUT2D eigenvalue weighted by Gasteiger charge is -2.06. The number of halogens is 1. The van der Waals surface area contributed by atoms with Crippen molar-refractivity contribution >= 4 is 21.9 Å². The van der Waals surface area contributed by atoms with Crippen LogP contribution in [0.4, 0.5) is 0 Å². The van der Waals surface area contributed by atoms with Crippen LogP contribution in [0, 0.1) is 0 Å². The summed E-state index contributed by atoms with van der Waals surface area (Å²) < 4.78 is 15.4. The topological polar surface area (TPSA) is 83.4 Å². The van der Waals surface area contributed by atoms with Crippen LogP contribution in [0.25, 0.3) is 0 Å². The molecule has 0 radical (unpaired) electrons. The first-order valence-corrected chi connectivity index (χ1v) is 6.24. The van der Waals surface area contributed by atoms with E-state index in [4.69, 9.17) is 14.2 Å². The van der Waals surface area contributed by atoms with Crippen LogP contribution < -0.4 is 14.2 Å². The van der Waals surface area contributed by atoms with Gasteiger partial charge in [-0.15, -0.1) is 15.0 Å². The fraction of sp³-hybridized carbons (Fsp3) is 0.167. The normalized spacial score (nSPS) is 9.95. The third-order valence-corrected chi connectivity index (χ3v) is 2.91. The molecule has 0 spiro atoms. The Hall–Kier alpha value is -2.22. The zero-order valence-corrected chi connectivity index (χ0v) is 12.2. The minimum absolute atomic E-state index is 0.00761. The minimum Gasteiger partial charge on any atom is -0.467 e. The lowest BCUT2D eigenvalue weighted by molar-refractivity contribution is 0.0715. The Morgan fingerprint density at radius 2 is 1.55 bits per heavy atom. The fourth-order valence-corrected chi connectivity index (χ4v) is 1.76. The highest BCUT2D eigenvalue weighted by molar-refractivity contribution is 9.10. The second-order valence-electron chi connectivity index (χ2n) is 3.46. The first-order valence-electron chi connectivity index (χ1n) is 5.45. The fourth-order valence-electron chi connectivity index (χ4n) is 1.31. The average Bonchev–Trinajstić information content (AvgIpc) is 2.47. The second kappa shape index (κ2) is 6.29. The van der Waals surface area contributed by atoms with Crippen molar-refractivity contribution in [3.05, 3.63) is 34.3 Å². The van der Waals surface area contributed by atoms with Gasteiger partial charge in [-0.1, -0.05) is 12.1 Å². The highest BCUT2D eigenvalue weighted by Crippen LogP contribution is 2.19. The molecule has 0 saturated carbocycles. The molecule has 0 aliphatic rings. The van der Waals surface area contributed by atoms with Gasteiger partial charge in [0.25, 0.3) is 0 Å². The van der Waals surface area contributed by atoms with E-state index in [0.29, 0.717) is 10.0 Å². The van der Waals surface area contributed by atoms with E-state index in [2.05, 4.69) is 30.9 Å². The monoisotopic (exact) mass is 339 g/mol. The van der Waals surface area contributed by atoms with Crippen LogP contribution in [0.2, 0.25) is 0 Å². The summed E-state index contributed by atoms with van der Waals surface area (Å²) in [4.78, 5) is 23.4. The van der Waals surface area contributed by atoms with E-state index < -0.39 is 5.97 Å². The Bertz CT molecular complexity index is 614. The Morgan fingerprint density at radius 3 is 2.10 bits per heavy atom. The van der Waals surface area contributed by atoms with Gasteiger partial charge in [0.05, 0.1) is 19.8 Å². The molecule has 0 atom stereocenters. The quantitative estimate of drug-likeness (QED) is 0.786. The van der Waals surface area contributed by atoms with E-state index in [0.717, 1.165) is 0 Å². The van der Waals surface area contributed by atoms with Crippen molar-refractivity contribution in [1.29, 1.82) is 0 Å². The SMILES string of the molecule is COc1nc(OC)nc(OC(=O)c2ccccc2Br)n1. The first kappa shape index (κ1) is 14.2. The molecule has 20 heavy (non-hydrogen) atoms. The van der Waals surface area contributed by atoms with Gasteiger partial charge in [0.15, 0.2) is 0 Å². The molecule has 0 aliphatic carbocycles. The number of hydrogen-bond acceptors (Lipinski definition) is 7. The Kier molecular flexibility index (Phi) is 4.46. The zero-order chi connectivity index (χ0) is 14.5. The van der Waals surface area contributed by atoms with Crippen LogP contribution in [0.5, 0.6) is 18.0 Å². The number of aromatic nitrogens is 3. The predicted octanol–water partition coefficient (Wildman–Crippen LogP) is 1.87. The third kappa shape index (κ3) is 3.21. The minimum atomic E-state index is -0.604. The zero-order valence-electron chi connectivity index (χ0n) is 10.7. The van der Waals surface area contributed by atoms with E-state index in [1.54, 1.807) is 24.3 Å². The molecule has 0 fully saturated rings. The number of hydrogen-bond donors (Lipinski definition) is 0. The standard InChI is InChI=1S/C12H10BrN3O4/c1-18-10-14-11(19-2)16-12(15-10)20-9(17)7-5-3-4-6-8(7)13/h3-6H,1-2H3. The van der Waals surface area contributed by atoms with Crippen molar-refractivity contribution in [2.75, 3.05) is 14.2 Å². The van der Waals surface area contributed by atoms with E-state index in [-0.39, 0.29) is 18.0 Å². The van der Waals surface area contributed by atoms with E-state index in [9.17, 15) is 4.79 Å². The Balaban J connectivity index is 2.26. The number of esters is 1. The molecule has 7 nitrogen and oxygen atoms in total. The second-order valence-corrected chi connectivity index (χ2v) is 4.32. The molecule has 104 valence electrons. The number of methoxy groups -OCH3 is 2. The maximum absolute atomic E-state index is 12.0. The highest BCUT2D eigenvalue weighted by Gasteiger charge is 2.16. The molecule has 0 aliphatic heterocycles. The summed E-state index contributed by atoms with van der Waals surface area (Å²) in [6.07, 6.45) is 0. The van der Waals surface area contributed by atoms with Gasteiger partial charge in [0.2, 0.25) is 0 Å². The van der Waals surface area contributed by atoms with Gasteiger partial charge in [-0.2, -0.15) is 0 Å². The largest absolute Gasteiger partial charge is 0.467 e. The van der Waals surface area contributed by atoms with Gasteiger partial charge in [-0.3, -0.25) is 0 Å². The summed E-state index contributed by atoms with van der Waals surface area (Å²) >= 11 is 3.26. The Labute approximate surface area is 123 Å². The van der Waals surface area contributed by atoms with E-state index in [1.807, 2.05) is 0 Å². The third-order valence-electron chi connectivity index (χ3n) is 2.22. The average molecular weight is 340 g/mol. The molecule has 0 unspecified atom stereocenters. The van der Waals surface area contributed by atoms with Crippen LogP contribution in [0.15, 0.2) is 28.7 Å². The number of nitrogens with zero attached hydrogens (tertiary/aromatic N) is 3. The molecule has 1 aromatic heterocycles. The van der Waals surface area contributed by atoms with Gasteiger partial charge in [-0.05, 0) is 28.1 Å². The molecule has 0 saturated heterocycles. The van der Waals surface area contributed by atoms with Crippen molar-refractivity contribution in [2.24, 2.45) is 0 Å². The summed E-state index contributed by atoms with van der Waals surface area (Å²) in [6, 6.07) is 6.63. The molecule has 2 aromatic rings. The molecule has 0 N–H and O–H groups in total. The summed E-state index contributed by atoms with van der Waals surface area (Å²) in [6.45, 7) is 0. The van der Waals surface area contributed by atoms with Crippen molar-refractivity contribution < 1.29 is 19.0 Å². The predicted molar refractivity (Wildman–Crippen MR) is 72.0 cm³/mol. The number of carbonyl (C=O) groups excluding carboxylic acids is 1. The molecule has 0 bridgehead atoms. The first-order chi connectivity index (χ1) is 9.63. The summed E-state index contributed by atoms with van der Waals surface area (Å²) in [5.41, 5.74) is 0.353. The molecular weight excluding hydrogens is 330 g/mol. The maximum atomic E-state index is 12.0. The molecule has 0 amide bonds. The smallest absolute Gasteiger partial charge is 0.347 e. The summed E-state index contributed by atoms with van der Waals surface area (Å²) in [7, 11) is 2.77. The molecule has 2 rings (SSSR count). The van der Waals surface area contributed by atoms with Crippen LogP contribution in [0.3, 0.4) is 0 Å². The number of carbonyl (C=O) groups is 1. The summed E-state index contributed by atoms with van der Waals surface area (Å²) in [5, 5.41) is 0. The number of benzene rings is 1. The summed E-state index contributed by atoms with van der Waals surface area (Å²) in [5.74, 6) is -0.604. The molecular formula is C12H10BrN3O4.